The van der Waals surface area contributed by atoms with Crippen molar-refractivity contribution in [1.82, 2.24) is 25.4 Å². The number of aryl methyl sites for hydroxylation is 1. The fourth-order valence-corrected chi connectivity index (χ4v) is 4.21. The molecule has 0 amide bonds. The second-order valence-corrected chi connectivity index (χ2v) is 7.93. The van der Waals surface area contributed by atoms with E-state index < -0.39 is 0 Å². The summed E-state index contributed by atoms with van der Waals surface area (Å²) in [6.45, 7) is 5.30. The average Bonchev–Trinajstić information content (AvgIpc) is 3.24. The highest BCUT2D eigenvalue weighted by molar-refractivity contribution is 5.79. The molecule has 0 unspecified atom stereocenters. The smallest absolute Gasteiger partial charge is 0.191 e. The number of hydrogen-bond acceptors (Lipinski definition) is 3. The highest BCUT2D eigenvalue weighted by atomic mass is 15.3. The van der Waals surface area contributed by atoms with E-state index in [1.807, 2.05) is 0 Å². The molecule has 0 fully saturated rings. The summed E-state index contributed by atoms with van der Waals surface area (Å²) in [6.07, 6.45) is 4.41. The molecule has 0 saturated heterocycles. The minimum atomic E-state index is 0.348. The molecule has 3 aromatic rings. The van der Waals surface area contributed by atoms with Gasteiger partial charge in [-0.3, -0.25) is 0 Å². The van der Waals surface area contributed by atoms with Gasteiger partial charge in [0.25, 0.3) is 0 Å². The molecule has 1 aromatic heterocycles. The van der Waals surface area contributed by atoms with Gasteiger partial charge in [0.15, 0.2) is 11.8 Å². The number of guanidine groups is 1. The minimum absolute atomic E-state index is 0.348. The van der Waals surface area contributed by atoms with Crippen molar-refractivity contribution in [2.24, 2.45) is 4.99 Å². The average molecular weight is 417 g/mol. The zero-order chi connectivity index (χ0) is 21.3. The lowest BCUT2D eigenvalue weighted by Crippen LogP contribution is -2.38. The van der Waals surface area contributed by atoms with E-state index in [9.17, 15) is 0 Å². The lowest BCUT2D eigenvalue weighted by atomic mass is 9.88. The van der Waals surface area contributed by atoms with Crippen LogP contribution in [0.15, 0.2) is 65.7 Å². The van der Waals surface area contributed by atoms with Crippen LogP contribution in [0.5, 0.6) is 0 Å². The number of rotatable bonds is 8. The van der Waals surface area contributed by atoms with Crippen molar-refractivity contribution < 1.29 is 0 Å². The molecule has 0 saturated carbocycles. The Labute approximate surface area is 184 Å². The van der Waals surface area contributed by atoms with Gasteiger partial charge < -0.3 is 15.2 Å². The summed E-state index contributed by atoms with van der Waals surface area (Å²) in [4.78, 5) is 4.78. The summed E-state index contributed by atoms with van der Waals surface area (Å²) < 4.78 is 2.23. The zero-order valence-corrected chi connectivity index (χ0v) is 18.3. The van der Waals surface area contributed by atoms with Crippen LogP contribution >= 0.6 is 0 Å². The van der Waals surface area contributed by atoms with Crippen LogP contribution in [0.25, 0.3) is 0 Å². The molecule has 31 heavy (non-hydrogen) atoms. The molecule has 162 valence electrons. The summed E-state index contributed by atoms with van der Waals surface area (Å²) in [5.74, 6) is 3.23. The second kappa shape index (κ2) is 10.8. The Balaban J connectivity index is 1.41. The lowest BCUT2D eigenvalue weighted by Gasteiger charge is -2.19. The summed E-state index contributed by atoms with van der Waals surface area (Å²) in [5, 5.41) is 15.6. The molecule has 2 aromatic carbocycles. The van der Waals surface area contributed by atoms with E-state index in [0.29, 0.717) is 12.5 Å². The number of aromatic nitrogens is 3. The number of nitrogens with zero attached hydrogens (tertiary/aromatic N) is 4. The fraction of sp³-hybridized carbons (Fsp3) is 0.400. The normalized spacial score (nSPS) is 13.8. The van der Waals surface area contributed by atoms with Crippen LogP contribution in [0.4, 0.5) is 0 Å². The van der Waals surface area contributed by atoms with Gasteiger partial charge >= 0.3 is 0 Å². The Bertz CT molecular complexity index is 925. The Morgan fingerprint density at radius 3 is 2.35 bits per heavy atom. The van der Waals surface area contributed by atoms with Crippen LogP contribution in [0.1, 0.15) is 54.9 Å². The van der Waals surface area contributed by atoms with Gasteiger partial charge in [-0.15, -0.1) is 10.2 Å². The standard InChI is InChI=1S/C25H32N6/c1-2-26-25(28-19-24-30-29-23-15-9-10-18-31(23)24)27-17-16-22(20-11-5-3-6-12-20)21-13-7-4-8-14-21/h3-8,11-14,22H,2,9-10,15-19H2,1H3,(H2,26,27,28). The molecule has 6 nitrogen and oxygen atoms in total. The molecule has 1 aliphatic heterocycles. The molecule has 2 heterocycles. The summed E-state index contributed by atoms with van der Waals surface area (Å²) in [6, 6.07) is 21.5. The monoisotopic (exact) mass is 416 g/mol. The molecule has 1 aliphatic rings. The van der Waals surface area contributed by atoms with Gasteiger partial charge in [0.1, 0.15) is 12.4 Å². The first-order chi connectivity index (χ1) is 15.3. The van der Waals surface area contributed by atoms with Crippen LogP contribution in [-0.2, 0) is 19.5 Å². The zero-order valence-electron chi connectivity index (χ0n) is 18.3. The van der Waals surface area contributed by atoms with Crippen molar-refractivity contribution in [3.63, 3.8) is 0 Å². The largest absolute Gasteiger partial charge is 0.357 e. The first-order valence-electron chi connectivity index (χ1n) is 11.4. The predicted octanol–water partition coefficient (Wildman–Crippen LogP) is 3.89. The van der Waals surface area contributed by atoms with Crippen LogP contribution < -0.4 is 10.6 Å². The quantitative estimate of drug-likeness (QED) is 0.432. The van der Waals surface area contributed by atoms with Gasteiger partial charge in [-0.2, -0.15) is 0 Å². The third-order valence-electron chi connectivity index (χ3n) is 5.79. The first kappa shape index (κ1) is 21.1. The maximum atomic E-state index is 4.78. The third-order valence-corrected chi connectivity index (χ3v) is 5.79. The van der Waals surface area contributed by atoms with E-state index in [-0.39, 0.29) is 0 Å². The van der Waals surface area contributed by atoms with E-state index in [2.05, 4.69) is 93.0 Å². The molecular weight excluding hydrogens is 384 g/mol. The highest BCUT2D eigenvalue weighted by Crippen LogP contribution is 2.27. The number of hydrogen-bond donors (Lipinski definition) is 2. The molecule has 0 radical (unpaired) electrons. The van der Waals surface area contributed by atoms with Crippen LogP contribution in [-0.4, -0.2) is 33.8 Å². The molecule has 2 N–H and O–H groups in total. The molecule has 4 rings (SSSR count). The number of nitrogens with one attached hydrogen (secondary N) is 2. The van der Waals surface area contributed by atoms with Gasteiger partial charge in [0.05, 0.1) is 0 Å². The summed E-state index contributed by atoms with van der Waals surface area (Å²) >= 11 is 0. The van der Waals surface area contributed by atoms with Gasteiger partial charge in [-0.05, 0) is 37.3 Å². The maximum Gasteiger partial charge on any atom is 0.191 e. The highest BCUT2D eigenvalue weighted by Gasteiger charge is 2.16. The Hall–Kier alpha value is -3.15. The second-order valence-electron chi connectivity index (χ2n) is 7.93. The van der Waals surface area contributed by atoms with Crippen LogP contribution in [0, 0.1) is 0 Å². The van der Waals surface area contributed by atoms with Crippen LogP contribution in [0.2, 0.25) is 0 Å². The van der Waals surface area contributed by atoms with E-state index in [1.54, 1.807) is 0 Å². The van der Waals surface area contributed by atoms with E-state index >= 15 is 0 Å². The molecule has 0 aliphatic carbocycles. The van der Waals surface area contributed by atoms with Crippen molar-refractivity contribution in [2.75, 3.05) is 13.1 Å². The van der Waals surface area contributed by atoms with Crippen molar-refractivity contribution in [3.8, 4) is 0 Å². The fourth-order valence-electron chi connectivity index (χ4n) is 4.21. The Kier molecular flexibility index (Phi) is 7.32. The molecule has 0 atom stereocenters. The number of fused-ring (bicyclic) bond motifs is 1. The molecule has 0 spiro atoms. The van der Waals surface area contributed by atoms with Gasteiger partial charge in [0.2, 0.25) is 0 Å². The van der Waals surface area contributed by atoms with E-state index in [1.165, 1.54) is 24.0 Å². The van der Waals surface area contributed by atoms with E-state index in [0.717, 1.165) is 50.1 Å². The van der Waals surface area contributed by atoms with Gasteiger partial charge in [0, 0.05) is 32.0 Å². The lowest BCUT2D eigenvalue weighted by molar-refractivity contribution is 0.508. The number of aliphatic imine (C=N–C) groups is 1. The van der Waals surface area contributed by atoms with Crippen LogP contribution in [0.3, 0.4) is 0 Å². The van der Waals surface area contributed by atoms with Crippen molar-refractivity contribution in [2.45, 2.75) is 51.6 Å². The summed E-state index contributed by atoms with van der Waals surface area (Å²) in [5.41, 5.74) is 2.68. The van der Waals surface area contributed by atoms with Gasteiger partial charge in [-0.1, -0.05) is 60.7 Å². The van der Waals surface area contributed by atoms with Crippen molar-refractivity contribution in [1.29, 1.82) is 0 Å². The van der Waals surface area contributed by atoms with E-state index in [4.69, 9.17) is 4.99 Å². The predicted molar refractivity (Wildman–Crippen MR) is 125 cm³/mol. The Morgan fingerprint density at radius 1 is 0.968 bits per heavy atom. The number of benzene rings is 2. The Morgan fingerprint density at radius 2 is 1.68 bits per heavy atom. The maximum absolute atomic E-state index is 4.78. The summed E-state index contributed by atoms with van der Waals surface area (Å²) in [7, 11) is 0. The first-order valence-corrected chi connectivity index (χ1v) is 11.4. The van der Waals surface area contributed by atoms with Crippen molar-refractivity contribution >= 4 is 5.96 Å². The molecular formula is C25H32N6. The minimum Gasteiger partial charge on any atom is -0.357 e. The van der Waals surface area contributed by atoms with Gasteiger partial charge in [-0.25, -0.2) is 4.99 Å². The third kappa shape index (κ3) is 5.51. The van der Waals surface area contributed by atoms with Crippen molar-refractivity contribution in [3.05, 3.63) is 83.4 Å². The SMILES string of the molecule is CCNC(=NCc1nnc2n1CCCC2)NCCC(c1ccccc1)c1ccccc1. The molecule has 0 bridgehead atoms. The topological polar surface area (TPSA) is 67.1 Å². The molecule has 6 heteroatoms.